The van der Waals surface area contributed by atoms with E-state index in [1.54, 1.807) is 0 Å². The third-order valence-corrected chi connectivity index (χ3v) is 5.74. The lowest BCUT2D eigenvalue weighted by molar-refractivity contribution is -0.100. The van der Waals surface area contributed by atoms with Crippen LogP contribution in [-0.4, -0.2) is 68.1 Å². The second-order valence-electron chi connectivity index (χ2n) is 7.81. The molecule has 0 unspecified atom stereocenters. The number of piperazine rings is 1. The summed E-state index contributed by atoms with van der Waals surface area (Å²) in [5, 5.41) is 3.23. The number of hydrogen-bond donors (Lipinski definition) is 1. The predicted octanol–water partition coefficient (Wildman–Crippen LogP) is 3.46. The van der Waals surface area contributed by atoms with Gasteiger partial charge in [-0.05, 0) is 44.7 Å². The third kappa shape index (κ3) is 6.23. The molecule has 0 saturated carbocycles. The van der Waals surface area contributed by atoms with E-state index in [2.05, 4.69) is 24.1 Å². The van der Waals surface area contributed by atoms with Crippen molar-refractivity contribution in [3.63, 3.8) is 0 Å². The molecule has 0 aromatic rings. The lowest BCUT2D eigenvalue weighted by Gasteiger charge is -2.39. The van der Waals surface area contributed by atoms with Gasteiger partial charge in [0, 0.05) is 38.6 Å². The van der Waals surface area contributed by atoms with E-state index in [1.165, 1.54) is 25.7 Å². The van der Waals surface area contributed by atoms with Crippen LogP contribution in [0.5, 0.6) is 0 Å². The molecule has 2 fully saturated rings. The van der Waals surface area contributed by atoms with Crippen molar-refractivity contribution in [2.45, 2.75) is 58.3 Å². The number of halogens is 2. The van der Waals surface area contributed by atoms with E-state index in [4.69, 9.17) is 0 Å². The number of likely N-dealkylation sites (tertiary alicyclic amines) is 1. The summed E-state index contributed by atoms with van der Waals surface area (Å²) in [7, 11) is 0. The van der Waals surface area contributed by atoms with Crippen LogP contribution in [0.1, 0.15) is 52.4 Å². The second kappa shape index (κ2) is 10.0. The molecule has 24 heavy (non-hydrogen) atoms. The molecule has 2 rings (SSSR count). The first-order valence-corrected chi connectivity index (χ1v) is 10.1. The average Bonchev–Trinajstić information content (AvgIpc) is 2.56. The highest BCUT2D eigenvalue weighted by Gasteiger charge is 2.42. The molecule has 0 spiro atoms. The maximum absolute atomic E-state index is 14.6. The molecule has 0 aliphatic carbocycles. The molecule has 2 aliphatic heterocycles. The summed E-state index contributed by atoms with van der Waals surface area (Å²) < 4.78 is 29.3. The van der Waals surface area contributed by atoms with Crippen molar-refractivity contribution >= 4 is 0 Å². The Hall–Kier alpha value is -0.260. The van der Waals surface area contributed by atoms with Gasteiger partial charge in [0.2, 0.25) is 0 Å². The minimum Gasteiger partial charge on any atom is -0.314 e. The van der Waals surface area contributed by atoms with Gasteiger partial charge in [0.25, 0.3) is 5.92 Å². The molecular formula is C19H37F2N3. The second-order valence-corrected chi connectivity index (χ2v) is 7.81. The van der Waals surface area contributed by atoms with E-state index in [-0.39, 0.29) is 6.54 Å². The Kier molecular flexibility index (Phi) is 8.38. The van der Waals surface area contributed by atoms with E-state index in [0.717, 1.165) is 51.7 Å². The lowest BCUT2D eigenvalue weighted by Crippen LogP contribution is -2.51. The van der Waals surface area contributed by atoms with Crippen LogP contribution in [0.4, 0.5) is 8.78 Å². The fourth-order valence-electron chi connectivity index (χ4n) is 4.34. The van der Waals surface area contributed by atoms with Gasteiger partial charge in [-0.15, -0.1) is 0 Å². The van der Waals surface area contributed by atoms with Gasteiger partial charge >= 0.3 is 0 Å². The SMILES string of the molecule is CCCC(CCC)CN1CCC(C(F)(F)CN2CCNCC2)CC1. The summed E-state index contributed by atoms with van der Waals surface area (Å²) in [6.07, 6.45) is 6.31. The molecule has 3 nitrogen and oxygen atoms in total. The molecule has 5 heteroatoms. The van der Waals surface area contributed by atoms with Crippen molar-refractivity contribution < 1.29 is 8.78 Å². The van der Waals surface area contributed by atoms with Gasteiger partial charge in [0.1, 0.15) is 0 Å². The van der Waals surface area contributed by atoms with E-state index in [1.807, 2.05) is 4.90 Å². The Morgan fingerprint density at radius 3 is 2.08 bits per heavy atom. The van der Waals surface area contributed by atoms with Crippen LogP contribution >= 0.6 is 0 Å². The van der Waals surface area contributed by atoms with Crippen LogP contribution in [0, 0.1) is 11.8 Å². The fourth-order valence-corrected chi connectivity index (χ4v) is 4.34. The summed E-state index contributed by atoms with van der Waals surface area (Å²) in [5.74, 6) is -2.22. The molecule has 0 atom stereocenters. The molecule has 2 saturated heterocycles. The molecule has 0 bridgehead atoms. The monoisotopic (exact) mass is 345 g/mol. The van der Waals surface area contributed by atoms with Gasteiger partial charge < -0.3 is 10.2 Å². The zero-order chi connectivity index (χ0) is 17.4. The minimum absolute atomic E-state index is 0.0480. The Bertz CT molecular complexity index is 332. The summed E-state index contributed by atoms with van der Waals surface area (Å²) in [4.78, 5) is 4.37. The third-order valence-electron chi connectivity index (χ3n) is 5.74. The van der Waals surface area contributed by atoms with Crippen molar-refractivity contribution in [2.24, 2.45) is 11.8 Å². The number of alkyl halides is 2. The summed E-state index contributed by atoms with van der Waals surface area (Å²) in [5.41, 5.74) is 0. The normalized spacial score (nSPS) is 22.4. The summed E-state index contributed by atoms with van der Waals surface area (Å²) >= 11 is 0. The maximum Gasteiger partial charge on any atom is 0.263 e. The highest BCUT2D eigenvalue weighted by atomic mass is 19.3. The Morgan fingerprint density at radius 1 is 0.958 bits per heavy atom. The number of piperidine rings is 1. The minimum atomic E-state index is -2.53. The number of hydrogen-bond acceptors (Lipinski definition) is 3. The van der Waals surface area contributed by atoms with Crippen molar-refractivity contribution in [3.8, 4) is 0 Å². The maximum atomic E-state index is 14.6. The van der Waals surface area contributed by atoms with Crippen LogP contribution in [0.3, 0.4) is 0 Å². The molecule has 0 radical (unpaired) electrons. The van der Waals surface area contributed by atoms with Gasteiger partial charge in [0.05, 0.1) is 6.54 Å². The standard InChI is InChI=1S/C19H37F2N3/c1-3-5-17(6-4-2)15-23-11-7-18(8-12-23)19(20,21)16-24-13-9-22-10-14-24/h17-18,22H,3-16H2,1-2H3. The van der Waals surface area contributed by atoms with Crippen LogP contribution in [0.25, 0.3) is 0 Å². The van der Waals surface area contributed by atoms with Crippen LogP contribution in [-0.2, 0) is 0 Å². The molecule has 0 aromatic heterocycles. The van der Waals surface area contributed by atoms with Crippen LogP contribution in [0.15, 0.2) is 0 Å². The van der Waals surface area contributed by atoms with Crippen molar-refractivity contribution in [2.75, 3.05) is 52.4 Å². The van der Waals surface area contributed by atoms with E-state index in [0.29, 0.717) is 12.8 Å². The molecule has 2 aliphatic rings. The first-order chi connectivity index (χ1) is 11.5. The topological polar surface area (TPSA) is 18.5 Å². The Balaban J connectivity index is 1.75. The first-order valence-electron chi connectivity index (χ1n) is 10.1. The quantitative estimate of drug-likeness (QED) is 0.690. The molecule has 0 aromatic carbocycles. The molecule has 0 amide bonds. The zero-order valence-electron chi connectivity index (χ0n) is 15.7. The first kappa shape index (κ1) is 20.1. The largest absolute Gasteiger partial charge is 0.314 e. The van der Waals surface area contributed by atoms with E-state index < -0.39 is 11.8 Å². The lowest BCUT2D eigenvalue weighted by atomic mass is 9.88. The van der Waals surface area contributed by atoms with Gasteiger partial charge in [-0.2, -0.15) is 0 Å². The van der Waals surface area contributed by atoms with Crippen LogP contribution in [0.2, 0.25) is 0 Å². The van der Waals surface area contributed by atoms with Gasteiger partial charge in [-0.3, -0.25) is 4.90 Å². The highest BCUT2D eigenvalue weighted by molar-refractivity contribution is 4.87. The summed E-state index contributed by atoms with van der Waals surface area (Å²) in [6, 6.07) is 0. The number of nitrogens with zero attached hydrogens (tertiary/aromatic N) is 2. The number of nitrogens with one attached hydrogen (secondary N) is 1. The van der Waals surface area contributed by atoms with Crippen LogP contribution < -0.4 is 5.32 Å². The van der Waals surface area contributed by atoms with Crippen molar-refractivity contribution in [3.05, 3.63) is 0 Å². The van der Waals surface area contributed by atoms with Crippen molar-refractivity contribution in [1.29, 1.82) is 0 Å². The van der Waals surface area contributed by atoms with Gasteiger partial charge in [-0.1, -0.05) is 26.7 Å². The predicted molar refractivity (Wildman–Crippen MR) is 96.7 cm³/mol. The van der Waals surface area contributed by atoms with E-state index >= 15 is 0 Å². The Morgan fingerprint density at radius 2 is 1.54 bits per heavy atom. The fraction of sp³-hybridized carbons (Fsp3) is 1.00. The van der Waals surface area contributed by atoms with Crippen molar-refractivity contribution in [1.82, 2.24) is 15.1 Å². The van der Waals surface area contributed by atoms with Gasteiger partial charge in [-0.25, -0.2) is 8.78 Å². The van der Waals surface area contributed by atoms with E-state index in [9.17, 15) is 8.78 Å². The molecular weight excluding hydrogens is 308 g/mol. The highest BCUT2D eigenvalue weighted by Crippen LogP contribution is 2.34. The van der Waals surface area contributed by atoms with Gasteiger partial charge in [0.15, 0.2) is 0 Å². The zero-order valence-corrected chi connectivity index (χ0v) is 15.7. The molecule has 2 heterocycles. The average molecular weight is 346 g/mol. The smallest absolute Gasteiger partial charge is 0.263 e. The molecule has 142 valence electrons. The number of rotatable bonds is 9. The molecule has 1 N–H and O–H groups in total. The summed E-state index contributed by atoms with van der Waals surface area (Å²) in [6.45, 7) is 10.4. The Labute approximate surface area is 147 Å².